The lowest BCUT2D eigenvalue weighted by Gasteiger charge is -2.09. The van der Waals surface area contributed by atoms with Crippen molar-refractivity contribution in [3.05, 3.63) is 113 Å². The lowest BCUT2D eigenvalue weighted by Crippen LogP contribution is -2.23. The Labute approximate surface area is 243 Å². The number of thiophene rings is 1. The molecule has 0 spiro atoms. The number of para-hydroxylation sites is 1. The van der Waals surface area contributed by atoms with Gasteiger partial charge in [-0.3, -0.25) is 4.79 Å². The lowest BCUT2D eigenvalue weighted by molar-refractivity contribution is -0.137. The summed E-state index contributed by atoms with van der Waals surface area (Å²) in [6.07, 6.45) is -3.35. The monoisotopic (exact) mass is 615 g/mol. The summed E-state index contributed by atoms with van der Waals surface area (Å²) in [5.41, 5.74) is 1.32. The van der Waals surface area contributed by atoms with Crippen LogP contribution >= 0.6 is 22.9 Å². The molecular weight excluding hydrogens is 595 g/mol. The van der Waals surface area contributed by atoms with Gasteiger partial charge in [0, 0.05) is 17.7 Å². The van der Waals surface area contributed by atoms with Gasteiger partial charge in [0.25, 0.3) is 5.91 Å². The Morgan fingerprint density at radius 3 is 2.41 bits per heavy atom. The summed E-state index contributed by atoms with van der Waals surface area (Å²) in [6.45, 7) is -0.128. The Morgan fingerprint density at radius 2 is 1.68 bits per heavy atom. The predicted molar refractivity (Wildman–Crippen MR) is 153 cm³/mol. The van der Waals surface area contributed by atoms with Crippen LogP contribution in [-0.4, -0.2) is 30.4 Å². The third-order valence-electron chi connectivity index (χ3n) is 6.14. The van der Waals surface area contributed by atoms with Crippen LogP contribution in [0.4, 0.5) is 13.2 Å². The molecule has 2 heterocycles. The second-order valence-corrected chi connectivity index (χ2v) is 12.6. The minimum Gasteiger partial charge on any atom is -0.347 e. The Balaban J connectivity index is 1.48. The van der Waals surface area contributed by atoms with Gasteiger partial charge in [-0.2, -0.15) is 18.3 Å². The molecule has 0 saturated carbocycles. The van der Waals surface area contributed by atoms with Gasteiger partial charge in [0.05, 0.1) is 31.7 Å². The van der Waals surface area contributed by atoms with E-state index in [1.807, 2.05) is 18.2 Å². The van der Waals surface area contributed by atoms with Crippen molar-refractivity contribution in [1.29, 1.82) is 0 Å². The lowest BCUT2D eigenvalue weighted by atomic mass is 10.1. The van der Waals surface area contributed by atoms with E-state index in [1.165, 1.54) is 34.2 Å². The van der Waals surface area contributed by atoms with Crippen molar-refractivity contribution in [2.75, 3.05) is 6.26 Å². The van der Waals surface area contributed by atoms with Gasteiger partial charge in [-0.25, -0.2) is 13.1 Å². The van der Waals surface area contributed by atoms with E-state index in [0.717, 1.165) is 28.1 Å². The second-order valence-electron chi connectivity index (χ2n) is 9.12. The average molecular weight is 616 g/mol. The van der Waals surface area contributed by atoms with Crippen LogP contribution in [0.2, 0.25) is 5.02 Å². The Hall–Kier alpha value is -3.93. The molecule has 0 unspecified atom stereocenters. The summed E-state index contributed by atoms with van der Waals surface area (Å²) in [5, 5.41) is 7.51. The highest BCUT2D eigenvalue weighted by atomic mass is 35.5. The third-order valence-corrected chi connectivity index (χ3v) is 8.72. The van der Waals surface area contributed by atoms with Gasteiger partial charge in [0.15, 0.2) is 15.5 Å². The quantitative estimate of drug-likeness (QED) is 0.209. The van der Waals surface area contributed by atoms with Gasteiger partial charge in [0.1, 0.15) is 0 Å². The first-order chi connectivity index (χ1) is 19.4. The molecule has 0 saturated heterocycles. The molecule has 1 N–H and O–H groups in total. The zero-order chi connectivity index (χ0) is 29.4. The van der Waals surface area contributed by atoms with Crippen LogP contribution in [0.25, 0.3) is 26.7 Å². The smallest absolute Gasteiger partial charge is 0.347 e. The number of carbonyl (C=O) groups is 1. The normalized spacial score (nSPS) is 11.9. The zero-order valence-corrected chi connectivity index (χ0v) is 23.7. The number of benzene rings is 3. The van der Waals surface area contributed by atoms with Crippen LogP contribution in [0, 0.1) is 0 Å². The second kappa shape index (κ2) is 11.2. The first kappa shape index (κ1) is 28.6. The number of alkyl halides is 3. The molecule has 0 aliphatic carbocycles. The average Bonchev–Trinajstić information content (AvgIpc) is 3.59. The first-order valence-corrected chi connectivity index (χ1v) is 15.2. The third kappa shape index (κ3) is 6.37. The molecule has 3 aromatic carbocycles. The van der Waals surface area contributed by atoms with Crippen LogP contribution in [0.1, 0.15) is 21.6 Å². The Morgan fingerprint density at radius 1 is 0.951 bits per heavy atom. The summed E-state index contributed by atoms with van der Waals surface area (Å²) in [7, 11) is -3.39. The van der Waals surface area contributed by atoms with Crippen molar-refractivity contribution in [3.63, 3.8) is 0 Å². The van der Waals surface area contributed by atoms with E-state index in [0.29, 0.717) is 22.0 Å². The molecule has 0 bridgehead atoms. The Kier molecular flexibility index (Phi) is 7.78. The van der Waals surface area contributed by atoms with E-state index in [9.17, 15) is 26.4 Å². The number of nitrogens with one attached hydrogen (secondary N) is 1. The predicted octanol–water partition coefficient (Wildman–Crippen LogP) is 7.27. The van der Waals surface area contributed by atoms with E-state index in [4.69, 9.17) is 11.6 Å². The maximum Gasteiger partial charge on any atom is 0.416 e. The number of hydrogen-bond donors (Lipinski definition) is 1. The van der Waals surface area contributed by atoms with Crippen LogP contribution in [-0.2, 0) is 22.6 Å². The van der Waals surface area contributed by atoms with Gasteiger partial charge < -0.3 is 5.32 Å². The number of rotatable bonds is 7. The van der Waals surface area contributed by atoms with Crippen LogP contribution in [0.15, 0.2) is 95.9 Å². The molecule has 210 valence electrons. The molecule has 0 fully saturated rings. The first-order valence-electron chi connectivity index (χ1n) is 12.1. The van der Waals surface area contributed by atoms with Gasteiger partial charge >= 0.3 is 6.18 Å². The maximum atomic E-state index is 13.1. The highest BCUT2D eigenvalue weighted by molar-refractivity contribution is 7.90. The minimum absolute atomic E-state index is 0.0425. The fourth-order valence-electron chi connectivity index (χ4n) is 4.12. The van der Waals surface area contributed by atoms with Crippen LogP contribution < -0.4 is 5.32 Å². The van der Waals surface area contributed by atoms with Crippen molar-refractivity contribution in [2.45, 2.75) is 17.6 Å². The minimum atomic E-state index is -4.49. The maximum absolute atomic E-state index is 13.1. The van der Waals surface area contributed by atoms with E-state index in [-0.39, 0.29) is 22.7 Å². The fourth-order valence-corrected chi connectivity index (χ4v) is 6.00. The van der Waals surface area contributed by atoms with E-state index >= 15 is 0 Å². The summed E-state index contributed by atoms with van der Waals surface area (Å²) >= 11 is 7.83. The zero-order valence-electron chi connectivity index (χ0n) is 21.3. The van der Waals surface area contributed by atoms with Crippen molar-refractivity contribution in [1.82, 2.24) is 15.1 Å². The number of amides is 1. The molecule has 5 aromatic rings. The van der Waals surface area contributed by atoms with E-state index < -0.39 is 27.5 Å². The molecule has 6 nitrogen and oxygen atoms in total. The molecular formula is C29H21ClF3N3O3S2. The largest absolute Gasteiger partial charge is 0.416 e. The Bertz CT molecular complexity index is 1860. The number of halogens is 4. The molecule has 0 radical (unpaired) electrons. The molecule has 2 aromatic heterocycles. The molecule has 0 aliphatic rings. The number of nitrogens with zero attached hydrogens (tertiary/aromatic N) is 2. The SMILES string of the molecule is CS(=O)(=O)c1cccc(-c2ccc(-c3cc(C(=O)NCc4cccc(C(F)(F)F)c4)nn3-c3ccccc3Cl)s2)c1. The number of hydrogen-bond acceptors (Lipinski definition) is 5. The summed E-state index contributed by atoms with van der Waals surface area (Å²) in [4.78, 5) is 14.8. The van der Waals surface area contributed by atoms with E-state index in [1.54, 1.807) is 42.5 Å². The van der Waals surface area contributed by atoms with Crippen molar-refractivity contribution >= 4 is 38.7 Å². The van der Waals surface area contributed by atoms with Crippen molar-refractivity contribution in [3.8, 4) is 26.7 Å². The standard InChI is InChI=1S/C29H21ClF3N3O3S2/c1-41(38,39)21-9-5-7-19(15-21)26-12-13-27(40-26)25-16-23(35-36(25)24-11-3-2-10-22(24)30)28(37)34-17-18-6-4-8-20(14-18)29(31,32)33/h2-16H,17H2,1H3,(H,34,37). The molecule has 1 amide bonds. The molecule has 0 atom stereocenters. The topological polar surface area (TPSA) is 81.1 Å². The van der Waals surface area contributed by atoms with Crippen molar-refractivity contribution < 1.29 is 26.4 Å². The van der Waals surface area contributed by atoms with Gasteiger partial charge in [0.2, 0.25) is 0 Å². The molecule has 5 rings (SSSR count). The van der Waals surface area contributed by atoms with Crippen LogP contribution in [0.5, 0.6) is 0 Å². The molecule has 41 heavy (non-hydrogen) atoms. The van der Waals surface area contributed by atoms with Crippen molar-refractivity contribution in [2.24, 2.45) is 0 Å². The summed E-state index contributed by atoms with van der Waals surface area (Å²) in [5.74, 6) is -0.577. The number of carbonyl (C=O) groups excluding carboxylic acids is 1. The molecule has 12 heteroatoms. The fraction of sp³-hybridized carbons (Fsp3) is 0.103. The van der Waals surface area contributed by atoms with Gasteiger partial charge in [-0.1, -0.05) is 48.0 Å². The van der Waals surface area contributed by atoms with E-state index in [2.05, 4.69) is 10.4 Å². The number of aromatic nitrogens is 2. The highest BCUT2D eigenvalue weighted by Crippen LogP contribution is 2.37. The highest BCUT2D eigenvalue weighted by Gasteiger charge is 2.30. The van der Waals surface area contributed by atoms with Crippen LogP contribution in [0.3, 0.4) is 0 Å². The summed E-state index contributed by atoms with van der Waals surface area (Å²) in [6, 6.07) is 23.6. The number of sulfone groups is 1. The van der Waals surface area contributed by atoms with Gasteiger partial charge in [-0.15, -0.1) is 11.3 Å². The van der Waals surface area contributed by atoms with Gasteiger partial charge in [-0.05, 0) is 65.7 Å². The molecule has 0 aliphatic heterocycles. The summed E-state index contributed by atoms with van der Waals surface area (Å²) < 4.78 is 64.8.